The standard InChI is InChI=1S/C18H9N3O4S/c22-14-7-11(9-3-1-2-4-12(9)24-14)10-5-6-13-16(20-18(26)25-13)15(10)17-21-19-8-23-17/h1-8H,(H,20,26). The number of benzene rings is 2. The van der Waals surface area contributed by atoms with Gasteiger partial charge in [0.2, 0.25) is 12.3 Å². The largest absolute Gasteiger partial charge is 0.429 e. The van der Waals surface area contributed by atoms with Crippen molar-refractivity contribution in [2.75, 3.05) is 0 Å². The molecule has 0 aliphatic carbocycles. The van der Waals surface area contributed by atoms with E-state index in [-0.39, 0.29) is 10.7 Å². The van der Waals surface area contributed by atoms with Gasteiger partial charge >= 0.3 is 5.63 Å². The van der Waals surface area contributed by atoms with E-state index in [0.29, 0.717) is 27.8 Å². The van der Waals surface area contributed by atoms with Gasteiger partial charge in [-0.25, -0.2) is 4.79 Å². The molecule has 1 N–H and O–H groups in total. The summed E-state index contributed by atoms with van der Waals surface area (Å²) in [5, 5.41) is 8.57. The van der Waals surface area contributed by atoms with E-state index >= 15 is 0 Å². The molecule has 0 fully saturated rings. The number of nitrogens with one attached hydrogen (secondary N) is 1. The van der Waals surface area contributed by atoms with Crippen LogP contribution in [0.4, 0.5) is 0 Å². The predicted molar refractivity (Wildman–Crippen MR) is 96.2 cm³/mol. The Morgan fingerprint density at radius 1 is 1.00 bits per heavy atom. The van der Waals surface area contributed by atoms with Gasteiger partial charge in [-0.05, 0) is 36.0 Å². The first-order chi connectivity index (χ1) is 12.7. The van der Waals surface area contributed by atoms with Gasteiger partial charge in [-0.1, -0.05) is 18.2 Å². The van der Waals surface area contributed by atoms with Crippen molar-refractivity contribution in [2.24, 2.45) is 0 Å². The molecule has 8 heteroatoms. The maximum atomic E-state index is 12.1. The van der Waals surface area contributed by atoms with Crippen molar-refractivity contribution < 1.29 is 13.3 Å². The lowest BCUT2D eigenvalue weighted by Gasteiger charge is -2.09. The highest BCUT2D eigenvalue weighted by atomic mass is 32.1. The average Bonchev–Trinajstić information content (AvgIpc) is 3.28. The van der Waals surface area contributed by atoms with Crippen LogP contribution in [-0.2, 0) is 0 Å². The lowest BCUT2D eigenvalue weighted by molar-refractivity contribution is 0.561. The zero-order valence-electron chi connectivity index (χ0n) is 13.1. The number of hydrogen-bond donors (Lipinski definition) is 1. The predicted octanol–water partition coefficient (Wildman–Crippen LogP) is 4.31. The van der Waals surface area contributed by atoms with Gasteiger partial charge in [-0.3, -0.25) is 0 Å². The molecule has 26 heavy (non-hydrogen) atoms. The van der Waals surface area contributed by atoms with Crippen LogP contribution in [0.3, 0.4) is 0 Å². The number of para-hydroxylation sites is 1. The summed E-state index contributed by atoms with van der Waals surface area (Å²) in [6.07, 6.45) is 1.24. The molecule has 0 bridgehead atoms. The molecular formula is C18H9N3O4S. The van der Waals surface area contributed by atoms with Crippen molar-refractivity contribution in [3.63, 3.8) is 0 Å². The number of fused-ring (bicyclic) bond motifs is 2. The molecule has 0 aliphatic rings. The number of rotatable bonds is 2. The van der Waals surface area contributed by atoms with E-state index < -0.39 is 5.63 Å². The van der Waals surface area contributed by atoms with Crippen LogP contribution in [0.25, 0.3) is 44.7 Å². The van der Waals surface area contributed by atoms with Crippen LogP contribution in [-0.4, -0.2) is 15.2 Å². The van der Waals surface area contributed by atoms with Crippen LogP contribution < -0.4 is 5.63 Å². The summed E-state index contributed by atoms with van der Waals surface area (Å²) in [4.78, 5) is 15.3. The van der Waals surface area contributed by atoms with Gasteiger partial charge in [0, 0.05) is 17.0 Å². The van der Waals surface area contributed by atoms with E-state index in [0.717, 1.165) is 10.9 Å². The van der Waals surface area contributed by atoms with Crippen molar-refractivity contribution in [2.45, 2.75) is 0 Å². The highest BCUT2D eigenvalue weighted by Crippen LogP contribution is 2.38. The Labute approximate surface area is 149 Å². The quantitative estimate of drug-likeness (QED) is 0.368. The molecule has 0 amide bonds. The normalized spacial score (nSPS) is 11.4. The summed E-state index contributed by atoms with van der Waals surface area (Å²) >= 11 is 5.11. The average molecular weight is 363 g/mol. The van der Waals surface area contributed by atoms with Gasteiger partial charge in [0.05, 0.1) is 11.1 Å². The Hall–Kier alpha value is -3.52. The highest BCUT2D eigenvalue weighted by Gasteiger charge is 2.20. The third kappa shape index (κ3) is 2.20. The summed E-state index contributed by atoms with van der Waals surface area (Å²) in [5.74, 6) is 0.287. The Balaban J connectivity index is 1.96. The molecule has 5 aromatic rings. The van der Waals surface area contributed by atoms with Gasteiger partial charge < -0.3 is 18.2 Å². The molecular weight excluding hydrogens is 354 g/mol. The highest BCUT2D eigenvalue weighted by molar-refractivity contribution is 7.71. The second kappa shape index (κ2) is 5.50. The molecule has 0 saturated heterocycles. The van der Waals surface area contributed by atoms with Crippen LogP contribution in [0.5, 0.6) is 0 Å². The molecule has 0 atom stereocenters. The van der Waals surface area contributed by atoms with E-state index in [1.54, 1.807) is 12.1 Å². The molecule has 7 nitrogen and oxygen atoms in total. The van der Waals surface area contributed by atoms with E-state index in [9.17, 15) is 4.79 Å². The summed E-state index contributed by atoms with van der Waals surface area (Å²) < 4.78 is 16.2. The first-order valence-electron chi connectivity index (χ1n) is 7.66. The fourth-order valence-electron chi connectivity index (χ4n) is 3.08. The minimum absolute atomic E-state index is 0.232. The maximum absolute atomic E-state index is 12.1. The molecule has 3 heterocycles. The molecule has 2 aromatic carbocycles. The minimum atomic E-state index is -0.449. The van der Waals surface area contributed by atoms with Crippen molar-refractivity contribution in [1.82, 2.24) is 15.2 Å². The summed E-state index contributed by atoms with van der Waals surface area (Å²) in [6, 6.07) is 12.4. The molecule has 3 aromatic heterocycles. The topological polar surface area (TPSA) is 98.1 Å². The van der Waals surface area contributed by atoms with Crippen molar-refractivity contribution in [3.8, 4) is 22.6 Å². The zero-order valence-corrected chi connectivity index (χ0v) is 13.9. The molecule has 0 radical (unpaired) electrons. The second-order valence-corrected chi connectivity index (χ2v) is 5.97. The lowest BCUT2D eigenvalue weighted by Crippen LogP contribution is -1.99. The maximum Gasteiger partial charge on any atom is 0.336 e. The summed E-state index contributed by atoms with van der Waals surface area (Å²) in [6.45, 7) is 0. The number of nitrogens with zero attached hydrogens (tertiary/aromatic N) is 2. The Morgan fingerprint density at radius 3 is 2.73 bits per heavy atom. The van der Waals surface area contributed by atoms with E-state index in [1.165, 1.54) is 12.5 Å². The number of H-pyrrole nitrogens is 1. The minimum Gasteiger partial charge on any atom is -0.429 e. The lowest BCUT2D eigenvalue weighted by atomic mass is 9.96. The van der Waals surface area contributed by atoms with E-state index in [4.69, 9.17) is 25.5 Å². The molecule has 5 rings (SSSR count). The van der Waals surface area contributed by atoms with Gasteiger partial charge in [0.15, 0.2) is 5.58 Å². The monoisotopic (exact) mass is 363 g/mol. The SMILES string of the molecule is O=c1cc(-c2ccc3oc(=S)[nH]c3c2-c2nnco2)c2ccccc2o1. The summed E-state index contributed by atoms with van der Waals surface area (Å²) in [5.41, 5.74) is 3.23. The fourth-order valence-corrected chi connectivity index (χ4v) is 3.28. The van der Waals surface area contributed by atoms with Crippen LogP contribution in [0, 0.1) is 4.84 Å². The molecule has 0 unspecified atom stereocenters. The second-order valence-electron chi connectivity index (χ2n) is 5.59. The first-order valence-corrected chi connectivity index (χ1v) is 8.07. The van der Waals surface area contributed by atoms with Crippen molar-refractivity contribution >= 4 is 34.3 Å². The van der Waals surface area contributed by atoms with Crippen LogP contribution in [0.15, 0.2) is 66.9 Å². The van der Waals surface area contributed by atoms with Gasteiger partial charge in [0.25, 0.3) is 4.84 Å². The summed E-state index contributed by atoms with van der Waals surface area (Å²) in [7, 11) is 0. The van der Waals surface area contributed by atoms with Gasteiger partial charge in [0.1, 0.15) is 5.58 Å². The molecule has 126 valence electrons. The van der Waals surface area contributed by atoms with E-state index in [2.05, 4.69) is 15.2 Å². The van der Waals surface area contributed by atoms with Crippen molar-refractivity contribution in [1.29, 1.82) is 0 Å². The molecule has 0 aliphatic heterocycles. The first kappa shape index (κ1) is 14.8. The van der Waals surface area contributed by atoms with Crippen molar-refractivity contribution in [3.05, 3.63) is 64.1 Å². The van der Waals surface area contributed by atoms with Crippen LogP contribution >= 0.6 is 12.2 Å². The van der Waals surface area contributed by atoms with E-state index in [1.807, 2.05) is 24.3 Å². The van der Waals surface area contributed by atoms with Crippen LogP contribution in [0.1, 0.15) is 0 Å². The van der Waals surface area contributed by atoms with Gasteiger partial charge in [-0.15, -0.1) is 10.2 Å². The Kier molecular flexibility index (Phi) is 3.13. The Morgan fingerprint density at radius 2 is 1.88 bits per heavy atom. The van der Waals surface area contributed by atoms with Crippen LogP contribution in [0.2, 0.25) is 0 Å². The molecule has 0 saturated carbocycles. The molecule has 0 spiro atoms. The number of aromatic amines is 1. The number of oxazole rings is 1. The zero-order chi connectivity index (χ0) is 17.7. The Bertz CT molecular complexity index is 1380. The smallest absolute Gasteiger partial charge is 0.336 e. The number of hydrogen-bond acceptors (Lipinski definition) is 7. The van der Waals surface area contributed by atoms with Gasteiger partial charge in [-0.2, -0.15) is 0 Å². The number of aromatic nitrogens is 3. The fraction of sp³-hybridized carbons (Fsp3) is 0. The third-order valence-corrected chi connectivity index (χ3v) is 4.30. The third-order valence-electron chi connectivity index (χ3n) is 4.11.